The molecule has 38 heavy (non-hydrogen) atoms. The van der Waals surface area contributed by atoms with Gasteiger partial charge in [0.25, 0.3) is 5.56 Å². The Hall–Kier alpha value is -4.19. The van der Waals surface area contributed by atoms with Crippen LogP contribution in [0.25, 0.3) is 22.3 Å². The number of nitrogens with zero attached hydrogens (tertiary/aromatic N) is 3. The van der Waals surface area contributed by atoms with Crippen LogP contribution < -0.4 is 15.0 Å². The molecule has 1 atom stereocenters. The van der Waals surface area contributed by atoms with Gasteiger partial charge >= 0.3 is 12.1 Å². The molecule has 0 amide bonds. The molecule has 0 aliphatic carbocycles. The van der Waals surface area contributed by atoms with Crippen molar-refractivity contribution in [3.05, 3.63) is 86.6 Å². The van der Waals surface area contributed by atoms with E-state index in [1.165, 1.54) is 44.5 Å². The first-order valence-electron chi connectivity index (χ1n) is 11.0. The largest absolute Gasteiger partial charge is 0.493 e. The van der Waals surface area contributed by atoms with Gasteiger partial charge in [-0.2, -0.15) is 22.9 Å². The maximum atomic E-state index is 13.4. The molecule has 0 aliphatic heterocycles. The summed E-state index contributed by atoms with van der Waals surface area (Å²) in [5.74, 6) is -0.904. The van der Waals surface area contributed by atoms with Gasteiger partial charge in [-0.05, 0) is 59.3 Å². The van der Waals surface area contributed by atoms with Crippen LogP contribution in [0.3, 0.4) is 0 Å². The number of carboxylic acids is 1. The average molecular weight is 590 g/mol. The number of carbonyl (C=O) groups is 1. The van der Waals surface area contributed by atoms with Gasteiger partial charge in [-0.25, -0.2) is 9.78 Å². The van der Waals surface area contributed by atoms with Gasteiger partial charge in [0.1, 0.15) is 0 Å². The maximum Gasteiger partial charge on any atom is 0.416 e. The van der Waals surface area contributed by atoms with Crippen molar-refractivity contribution < 1.29 is 32.5 Å². The number of alkyl halides is 3. The molecular weight excluding hydrogens is 571 g/mol. The summed E-state index contributed by atoms with van der Waals surface area (Å²) in [6.07, 6.45) is -4.44. The van der Waals surface area contributed by atoms with Gasteiger partial charge in [-0.3, -0.25) is 4.79 Å². The molecule has 4 rings (SSSR count). The first kappa shape index (κ1) is 26.9. The minimum atomic E-state index is -4.59. The van der Waals surface area contributed by atoms with Crippen LogP contribution in [-0.4, -0.2) is 40.2 Å². The number of benzene rings is 3. The van der Waals surface area contributed by atoms with Crippen LogP contribution in [0.2, 0.25) is 0 Å². The van der Waals surface area contributed by atoms with Gasteiger partial charge in [-0.15, -0.1) is 0 Å². The van der Waals surface area contributed by atoms with Crippen LogP contribution in [-0.2, 0) is 11.0 Å². The number of methoxy groups -OCH3 is 1. The Morgan fingerprint density at radius 3 is 2.55 bits per heavy atom. The van der Waals surface area contributed by atoms with E-state index in [9.17, 15) is 22.8 Å². The molecule has 0 radical (unpaired) electrons. The van der Waals surface area contributed by atoms with Gasteiger partial charge in [-0.1, -0.05) is 24.3 Å². The first-order chi connectivity index (χ1) is 18.0. The van der Waals surface area contributed by atoms with Crippen molar-refractivity contribution in [3.8, 4) is 22.9 Å². The minimum absolute atomic E-state index is 0.0443. The monoisotopic (exact) mass is 589 g/mol. The molecule has 0 spiro atoms. The van der Waals surface area contributed by atoms with E-state index in [-0.39, 0.29) is 28.3 Å². The summed E-state index contributed by atoms with van der Waals surface area (Å²) < 4.78 is 52.2. The molecule has 0 unspecified atom stereocenters. The lowest BCUT2D eigenvalue weighted by atomic mass is 10.1. The molecule has 0 saturated heterocycles. The van der Waals surface area contributed by atoms with Crippen molar-refractivity contribution in [3.63, 3.8) is 0 Å². The number of para-hydroxylation sites is 1. The van der Waals surface area contributed by atoms with E-state index >= 15 is 0 Å². The molecule has 1 N–H and O–H groups in total. The summed E-state index contributed by atoms with van der Waals surface area (Å²) in [7, 11) is 1.37. The number of halogens is 4. The van der Waals surface area contributed by atoms with E-state index in [2.05, 4.69) is 26.0 Å². The highest BCUT2D eigenvalue weighted by atomic mass is 79.9. The number of aromatic nitrogens is 2. The Bertz CT molecular complexity index is 1620. The second kappa shape index (κ2) is 10.7. The molecule has 4 aromatic rings. The highest BCUT2D eigenvalue weighted by Crippen LogP contribution is 2.34. The van der Waals surface area contributed by atoms with Crippen molar-refractivity contribution in [2.75, 3.05) is 7.11 Å². The van der Waals surface area contributed by atoms with Crippen LogP contribution in [0, 0.1) is 0 Å². The molecule has 1 heterocycles. The molecule has 0 bridgehead atoms. The van der Waals surface area contributed by atoms with Gasteiger partial charge in [0.2, 0.25) is 0 Å². The van der Waals surface area contributed by atoms with E-state index in [4.69, 9.17) is 14.6 Å². The zero-order valence-corrected chi connectivity index (χ0v) is 21.4. The van der Waals surface area contributed by atoms with Crippen molar-refractivity contribution >= 4 is 39.0 Å². The average Bonchev–Trinajstić information content (AvgIpc) is 2.88. The second-order valence-corrected chi connectivity index (χ2v) is 8.87. The maximum absolute atomic E-state index is 13.4. The Kier molecular flexibility index (Phi) is 7.53. The van der Waals surface area contributed by atoms with Crippen molar-refractivity contribution in [1.82, 2.24) is 9.66 Å². The van der Waals surface area contributed by atoms with E-state index in [1.54, 1.807) is 24.3 Å². The first-order valence-corrected chi connectivity index (χ1v) is 11.8. The number of fused-ring (bicyclic) bond motifs is 1. The smallest absolute Gasteiger partial charge is 0.416 e. The summed E-state index contributed by atoms with van der Waals surface area (Å²) >= 11 is 3.36. The third-order valence-corrected chi connectivity index (χ3v) is 6.14. The molecule has 196 valence electrons. The number of aliphatic carboxylic acids is 1. The fraction of sp³-hybridized carbons (Fsp3) is 0.154. The normalized spacial score (nSPS) is 12.6. The third-order valence-electron chi connectivity index (χ3n) is 5.45. The predicted molar refractivity (Wildman–Crippen MR) is 138 cm³/mol. The van der Waals surface area contributed by atoms with Gasteiger partial charge in [0.05, 0.1) is 29.8 Å². The molecule has 0 aliphatic rings. The molecule has 0 fully saturated rings. The van der Waals surface area contributed by atoms with E-state index < -0.39 is 29.4 Å². The van der Waals surface area contributed by atoms with Gasteiger partial charge in [0, 0.05) is 15.6 Å². The lowest BCUT2D eigenvalue weighted by Gasteiger charge is -2.15. The van der Waals surface area contributed by atoms with Crippen molar-refractivity contribution in [2.24, 2.45) is 5.10 Å². The summed E-state index contributed by atoms with van der Waals surface area (Å²) in [5, 5.41) is 13.6. The molecule has 8 nitrogen and oxygen atoms in total. The van der Waals surface area contributed by atoms with E-state index in [0.717, 1.165) is 16.8 Å². The summed E-state index contributed by atoms with van der Waals surface area (Å²) in [6.45, 7) is 1.36. The fourth-order valence-corrected chi connectivity index (χ4v) is 3.94. The summed E-state index contributed by atoms with van der Waals surface area (Å²) in [4.78, 5) is 28.9. The highest BCUT2D eigenvalue weighted by molar-refractivity contribution is 9.10. The number of ether oxygens (including phenoxy) is 2. The van der Waals surface area contributed by atoms with Crippen LogP contribution in [0.15, 0.2) is 75.0 Å². The zero-order valence-electron chi connectivity index (χ0n) is 19.9. The Morgan fingerprint density at radius 2 is 1.87 bits per heavy atom. The topological polar surface area (TPSA) is 103 Å². The van der Waals surface area contributed by atoms with Gasteiger partial charge < -0.3 is 14.6 Å². The quantitative estimate of drug-likeness (QED) is 0.282. The molecule has 3 aromatic carbocycles. The SMILES string of the molecule is COc1cc(C=Nn2c(-c3cccc(C(F)(F)F)c3)nc3ccccc3c2=O)c(Br)cc1O[C@@H](C)C(=O)O. The minimum Gasteiger partial charge on any atom is -0.493 e. The molecule has 12 heteroatoms. The molecular formula is C26H19BrF3N3O5. The lowest BCUT2D eigenvalue weighted by Crippen LogP contribution is -2.23. The van der Waals surface area contributed by atoms with Gasteiger partial charge in [0.15, 0.2) is 23.4 Å². The van der Waals surface area contributed by atoms with Crippen LogP contribution in [0.1, 0.15) is 18.1 Å². The number of carboxylic acid groups (broad SMARTS) is 1. The zero-order chi connectivity index (χ0) is 27.6. The Labute approximate surface area is 222 Å². The Morgan fingerprint density at radius 1 is 1.13 bits per heavy atom. The predicted octanol–water partition coefficient (Wildman–Crippen LogP) is 5.59. The van der Waals surface area contributed by atoms with Crippen LogP contribution in [0.5, 0.6) is 11.5 Å². The molecule has 0 saturated carbocycles. The number of hydrogen-bond donors (Lipinski definition) is 1. The molecule has 1 aromatic heterocycles. The van der Waals surface area contributed by atoms with E-state index in [0.29, 0.717) is 15.6 Å². The summed E-state index contributed by atoms with van der Waals surface area (Å²) in [6, 6.07) is 13.9. The summed E-state index contributed by atoms with van der Waals surface area (Å²) in [5.41, 5.74) is -0.729. The van der Waals surface area contributed by atoms with Crippen molar-refractivity contribution in [2.45, 2.75) is 19.2 Å². The van der Waals surface area contributed by atoms with Crippen LogP contribution in [0.4, 0.5) is 13.2 Å². The Balaban J connectivity index is 1.86. The third kappa shape index (κ3) is 5.54. The standard InChI is InChI=1S/C26H19BrF3N3O5/c1-14(25(35)36)38-22-12-19(27)16(11-21(22)37-2)13-31-33-23(15-6-5-7-17(10-15)26(28,29)30)32-20-9-4-3-8-18(20)24(33)34/h3-14H,1-2H3,(H,35,36)/t14-/m0/s1. The van der Waals surface area contributed by atoms with Crippen molar-refractivity contribution in [1.29, 1.82) is 0 Å². The number of hydrogen-bond acceptors (Lipinski definition) is 6. The van der Waals surface area contributed by atoms with E-state index in [1.807, 2.05) is 0 Å². The van der Waals surface area contributed by atoms with Crippen LogP contribution >= 0.6 is 15.9 Å². The number of rotatable bonds is 7. The fourth-order valence-electron chi connectivity index (χ4n) is 3.51. The lowest BCUT2D eigenvalue weighted by molar-refractivity contribution is -0.144. The second-order valence-electron chi connectivity index (χ2n) is 8.02. The highest BCUT2D eigenvalue weighted by Gasteiger charge is 2.31.